The second kappa shape index (κ2) is 5.09. The molecule has 92 valence electrons. The maximum absolute atomic E-state index is 13.5. The van der Waals surface area contributed by atoms with Crippen molar-refractivity contribution >= 4 is 28.4 Å². The zero-order valence-electron chi connectivity index (χ0n) is 8.88. The average molecular weight is 362 g/mol. The molecule has 0 aliphatic heterocycles. The second-order valence-electron chi connectivity index (χ2n) is 3.55. The molecule has 0 aliphatic carbocycles. The predicted octanol–water partition coefficient (Wildman–Crippen LogP) is 3.94. The van der Waals surface area contributed by atoms with Gasteiger partial charge < -0.3 is 0 Å². The molecule has 0 aromatic heterocycles. The molecule has 0 atom stereocenters. The van der Waals surface area contributed by atoms with Gasteiger partial charge >= 0.3 is 0 Å². The van der Waals surface area contributed by atoms with Crippen LogP contribution in [0.3, 0.4) is 0 Å². The highest BCUT2D eigenvalue weighted by Gasteiger charge is 2.20. The quantitative estimate of drug-likeness (QED) is 0.584. The van der Waals surface area contributed by atoms with Crippen molar-refractivity contribution in [3.8, 4) is 0 Å². The van der Waals surface area contributed by atoms with E-state index >= 15 is 0 Å². The second-order valence-corrected chi connectivity index (χ2v) is 4.71. The zero-order chi connectivity index (χ0) is 13.3. The average Bonchev–Trinajstić information content (AvgIpc) is 2.28. The van der Waals surface area contributed by atoms with E-state index in [-0.39, 0.29) is 5.56 Å². The molecule has 18 heavy (non-hydrogen) atoms. The van der Waals surface area contributed by atoms with Gasteiger partial charge in [-0.1, -0.05) is 6.07 Å². The molecule has 0 fully saturated rings. The van der Waals surface area contributed by atoms with Crippen LogP contribution in [0.5, 0.6) is 0 Å². The number of hydrogen-bond acceptors (Lipinski definition) is 1. The van der Waals surface area contributed by atoms with Crippen LogP contribution >= 0.6 is 22.6 Å². The number of carbonyl (C=O) groups excluding carboxylic acids is 1. The molecule has 2 aromatic carbocycles. The fraction of sp³-hybridized carbons (Fsp3) is 0. The first-order chi connectivity index (χ1) is 8.50. The molecule has 0 bridgehead atoms. The summed E-state index contributed by atoms with van der Waals surface area (Å²) in [6.07, 6.45) is 0. The van der Waals surface area contributed by atoms with Crippen molar-refractivity contribution in [2.75, 3.05) is 0 Å². The smallest absolute Gasteiger partial charge is 0.200 e. The Morgan fingerprint density at radius 1 is 1.00 bits per heavy atom. The highest BCUT2D eigenvalue weighted by molar-refractivity contribution is 14.1. The van der Waals surface area contributed by atoms with Gasteiger partial charge in [0.25, 0.3) is 0 Å². The molecule has 1 nitrogen and oxygen atoms in total. The summed E-state index contributed by atoms with van der Waals surface area (Å²) in [5.74, 6) is -3.17. The van der Waals surface area contributed by atoms with Gasteiger partial charge in [0.05, 0.1) is 5.56 Å². The lowest BCUT2D eigenvalue weighted by Gasteiger charge is -2.06. The molecule has 0 aliphatic rings. The van der Waals surface area contributed by atoms with E-state index < -0.39 is 28.8 Å². The third-order valence-electron chi connectivity index (χ3n) is 2.37. The fourth-order valence-electron chi connectivity index (χ4n) is 1.52. The van der Waals surface area contributed by atoms with Crippen molar-refractivity contribution in [2.24, 2.45) is 0 Å². The summed E-state index contributed by atoms with van der Waals surface area (Å²) in [6, 6.07) is 6.61. The maximum atomic E-state index is 13.5. The van der Waals surface area contributed by atoms with Crippen LogP contribution in [-0.2, 0) is 0 Å². The molecule has 2 aromatic rings. The van der Waals surface area contributed by atoms with Crippen LogP contribution in [0.1, 0.15) is 15.9 Å². The first-order valence-corrected chi connectivity index (χ1v) is 6.02. The van der Waals surface area contributed by atoms with E-state index in [2.05, 4.69) is 0 Å². The number of benzene rings is 2. The highest BCUT2D eigenvalue weighted by Crippen LogP contribution is 2.21. The molecule has 0 radical (unpaired) electrons. The number of carbonyl (C=O) groups is 1. The molecule has 0 N–H and O–H groups in total. The summed E-state index contributed by atoms with van der Waals surface area (Å²) in [5, 5.41) is 0. The highest BCUT2D eigenvalue weighted by atomic mass is 127. The molecular weight excluding hydrogens is 356 g/mol. The minimum atomic E-state index is -0.930. The third-order valence-corrected chi connectivity index (χ3v) is 3.26. The Labute approximate surface area is 115 Å². The molecule has 0 spiro atoms. The Bertz CT molecular complexity index is 605. The third kappa shape index (κ3) is 2.40. The van der Waals surface area contributed by atoms with Gasteiger partial charge in [-0.15, -0.1) is 0 Å². The Hall–Kier alpha value is -1.37. The molecule has 0 heterocycles. The first-order valence-electron chi connectivity index (χ1n) is 4.94. The summed E-state index contributed by atoms with van der Waals surface area (Å²) in [6.45, 7) is 0. The van der Waals surface area contributed by atoms with E-state index in [4.69, 9.17) is 0 Å². The largest absolute Gasteiger partial charge is 0.288 e. The van der Waals surface area contributed by atoms with Gasteiger partial charge in [0, 0.05) is 9.13 Å². The summed E-state index contributed by atoms with van der Waals surface area (Å²) in [4.78, 5) is 12.0. The van der Waals surface area contributed by atoms with Crippen LogP contribution in [0, 0.1) is 21.0 Å². The van der Waals surface area contributed by atoms with Gasteiger partial charge in [0.15, 0.2) is 5.78 Å². The Morgan fingerprint density at radius 2 is 1.61 bits per heavy atom. The van der Waals surface area contributed by atoms with Crippen LogP contribution in [-0.4, -0.2) is 5.78 Å². The Kier molecular flexibility index (Phi) is 3.70. The lowest BCUT2D eigenvalue weighted by Crippen LogP contribution is -2.09. The maximum Gasteiger partial charge on any atom is 0.200 e. The van der Waals surface area contributed by atoms with Gasteiger partial charge in [0.2, 0.25) is 0 Å². The molecule has 0 saturated carbocycles. The van der Waals surface area contributed by atoms with E-state index in [0.29, 0.717) is 3.57 Å². The lowest BCUT2D eigenvalue weighted by atomic mass is 10.0. The number of ketones is 1. The minimum absolute atomic E-state index is 0.0704. The van der Waals surface area contributed by atoms with Gasteiger partial charge in [-0.25, -0.2) is 13.2 Å². The van der Waals surface area contributed by atoms with Crippen molar-refractivity contribution in [3.63, 3.8) is 0 Å². The normalized spacial score (nSPS) is 10.4. The van der Waals surface area contributed by atoms with Crippen molar-refractivity contribution in [2.45, 2.75) is 0 Å². The van der Waals surface area contributed by atoms with E-state index in [1.807, 2.05) is 0 Å². The van der Waals surface area contributed by atoms with Crippen LogP contribution in [0.4, 0.5) is 13.2 Å². The topological polar surface area (TPSA) is 17.1 Å². The molecule has 0 saturated heterocycles. The Balaban J connectivity index is 2.55. The molecule has 0 amide bonds. The van der Waals surface area contributed by atoms with Gasteiger partial charge in [-0.05, 0) is 52.9 Å². The van der Waals surface area contributed by atoms with Crippen molar-refractivity contribution in [1.29, 1.82) is 0 Å². The fourth-order valence-corrected chi connectivity index (χ4v) is 2.25. The van der Waals surface area contributed by atoms with Gasteiger partial charge in [-0.3, -0.25) is 4.79 Å². The summed E-state index contributed by atoms with van der Waals surface area (Å²) in [7, 11) is 0. The van der Waals surface area contributed by atoms with Crippen molar-refractivity contribution in [3.05, 3.63) is 68.5 Å². The SMILES string of the molecule is O=C(c1ccc(F)cc1I)c1c(F)cccc1F. The molecule has 5 heteroatoms. The molecular formula is C13H6F3IO. The number of hydrogen-bond donors (Lipinski definition) is 0. The zero-order valence-corrected chi connectivity index (χ0v) is 11.0. The standard InChI is InChI=1S/C13H6F3IO/c14-7-4-5-8(11(17)6-7)13(18)12-9(15)2-1-3-10(12)16/h1-6H. The summed E-state index contributed by atoms with van der Waals surface area (Å²) in [5.41, 5.74) is -0.553. The minimum Gasteiger partial charge on any atom is -0.288 e. The summed E-state index contributed by atoms with van der Waals surface area (Å²) >= 11 is 1.75. The number of halogens is 4. The van der Waals surface area contributed by atoms with Crippen LogP contribution in [0.25, 0.3) is 0 Å². The van der Waals surface area contributed by atoms with Crippen LogP contribution in [0.2, 0.25) is 0 Å². The van der Waals surface area contributed by atoms with Crippen molar-refractivity contribution < 1.29 is 18.0 Å². The monoisotopic (exact) mass is 362 g/mol. The van der Waals surface area contributed by atoms with Gasteiger partial charge in [-0.2, -0.15) is 0 Å². The van der Waals surface area contributed by atoms with E-state index in [9.17, 15) is 18.0 Å². The lowest BCUT2D eigenvalue weighted by molar-refractivity contribution is 0.103. The van der Waals surface area contributed by atoms with Gasteiger partial charge in [0.1, 0.15) is 17.5 Å². The molecule has 0 unspecified atom stereocenters. The number of rotatable bonds is 2. The predicted molar refractivity (Wildman–Crippen MR) is 68.9 cm³/mol. The van der Waals surface area contributed by atoms with E-state index in [1.54, 1.807) is 22.6 Å². The molecule has 2 rings (SSSR count). The Morgan fingerprint density at radius 3 is 2.17 bits per heavy atom. The van der Waals surface area contributed by atoms with E-state index in [0.717, 1.165) is 24.3 Å². The van der Waals surface area contributed by atoms with Crippen LogP contribution in [0.15, 0.2) is 36.4 Å². The van der Waals surface area contributed by atoms with Crippen molar-refractivity contribution in [1.82, 2.24) is 0 Å². The first kappa shape index (κ1) is 13.1. The summed E-state index contributed by atoms with van der Waals surface area (Å²) < 4.78 is 40.1. The van der Waals surface area contributed by atoms with E-state index in [1.165, 1.54) is 12.1 Å². The van der Waals surface area contributed by atoms with Crippen LogP contribution < -0.4 is 0 Å².